The Morgan fingerprint density at radius 3 is 2.40 bits per heavy atom. The Balaban J connectivity index is 2.89. The van der Waals surface area contributed by atoms with Crippen molar-refractivity contribution in [3.63, 3.8) is 0 Å². The summed E-state index contributed by atoms with van der Waals surface area (Å²) in [6, 6.07) is 7.47. The number of hydrogen-bond acceptors (Lipinski definition) is 2. The maximum atomic E-state index is 8.15. The van der Waals surface area contributed by atoms with Crippen molar-refractivity contribution in [3.8, 4) is 0 Å². The lowest BCUT2D eigenvalue weighted by Gasteiger charge is -1.89. The first-order valence-corrected chi connectivity index (χ1v) is 3.55. The minimum atomic E-state index is 0.880. The standard InChI is InChI=1S/C7H6BrNO/c8-7-3-1-6(2-4-7)5-9-10/h1-5,10H/b9-5-. The first-order chi connectivity index (χ1) is 4.83. The van der Waals surface area contributed by atoms with Crippen LogP contribution in [0.1, 0.15) is 5.56 Å². The summed E-state index contributed by atoms with van der Waals surface area (Å²) in [6.45, 7) is 0. The van der Waals surface area contributed by atoms with E-state index in [1.165, 1.54) is 6.21 Å². The van der Waals surface area contributed by atoms with E-state index in [2.05, 4.69) is 21.1 Å². The first-order valence-electron chi connectivity index (χ1n) is 2.76. The molecule has 2 nitrogen and oxygen atoms in total. The van der Waals surface area contributed by atoms with Gasteiger partial charge in [0.2, 0.25) is 0 Å². The first kappa shape index (κ1) is 7.28. The van der Waals surface area contributed by atoms with E-state index in [-0.39, 0.29) is 0 Å². The fourth-order valence-corrected chi connectivity index (χ4v) is 0.880. The Kier molecular flexibility index (Phi) is 2.45. The van der Waals surface area contributed by atoms with Gasteiger partial charge in [0.15, 0.2) is 0 Å². The van der Waals surface area contributed by atoms with E-state index in [0.29, 0.717) is 0 Å². The Bertz CT molecular complexity index is 230. The van der Waals surface area contributed by atoms with Gasteiger partial charge in [0.1, 0.15) is 0 Å². The van der Waals surface area contributed by atoms with Crippen LogP contribution >= 0.6 is 15.9 Å². The number of oxime groups is 1. The van der Waals surface area contributed by atoms with E-state index in [9.17, 15) is 0 Å². The SMILES string of the molecule is O/N=C\c1ccc(Br)cc1. The third-order valence-electron chi connectivity index (χ3n) is 1.08. The van der Waals surface area contributed by atoms with Crippen molar-refractivity contribution in [2.24, 2.45) is 5.16 Å². The van der Waals surface area contributed by atoms with Gasteiger partial charge in [-0.05, 0) is 17.7 Å². The molecule has 1 aromatic carbocycles. The number of benzene rings is 1. The van der Waals surface area contributed by atoms with Crippen molar-refractivity contribution in [1.29, 1.82) is 0 Å². The number of halogens is 1. The fourth-order valence-electron chi connectivity index (χ4n) is 0.616. The Morgan fingerprint density at radius 2 is 1.90 bits per heavy atom. The summed E-state index contributed by atoms with van der Waals surface area (Å²) in [7, 11) is 0. The molecule has 0 heterocycles. The number of nitrogens with zero attached hydrogens (tertiary/aromatic N) is 1. The van der Waals surface area contributed by atoms with Crippen LogP contribution in [-0.2, 0) is 0 Å². The zero-order valence-electron chi connectivity index (χ0n) is 5.16. The maximum absolute atomic E-state index is 8.15. The molecule has 0 saturated heterocycles. The molecule has 0 saturated carbocycles. The predicted octanol–water partition coefficient (Wildman–Crippen LogP) is 2.26. The molecule has 1 aromatic rings. The predicted molar refractivity (Wildman–Crippen MR) is 43.5 cm³/mol. The zero-order chi connectivity index (χ0) is 7.40. The summed E-state index contributed by atoms with van der Waals surface area (Å²) in [5.41, 5.74) is 0.880. The molecule has 0 atom stereocenters. The highest BCUT2D eigenvalue weighted by Gasteiger charge is 1.86. The molecule has 52 valence electrons. The Labute approximate surface area is 67.3 Å². The van der Waals surface area contributed by atoms with E-state index in [1.807, 2.05) is 24.3 Å². The minimum absolute atomic E-state index is 0.880. The summed E-state index contributed by atoms with van der Waals surface area (Å²) < 4.78 is 1.02. The molecule has 0 aliphatic heterocycles. The lowest BCUT2D eigenvalue weighted by Crippen LogP contribution is -1.77. The van der Waals surface area contributed by atoms with Gasteiger partial charge in [-0.15, -0.1) is 0 Å². The van der Waals surface area contributed by atoms with Crippen LogP contribution in [0.15, 0.2) is 33.9 Å². The van der Waals surface area contributed by atoms with Gasteiger partial charge >= 0.3 is 0 Å². The molecule has 0 unspecified atom stereocenters. The maximum Gasteiger partial charge on any atom is 0.0733 e. The van der Waals surface area contributed by atoms with Crippen molar-refractivity contribution >= 4 is 22.1 Å². The van der Waals surface area contributed by atoms with E-state index in [4.69, 9.17) is 5.21 Å². The second-order valence-electron chi connectivity index (χ2n) is 1.80. The minimum Gasteiger partial charge on any atom is -0.411 e. The van der Waals surface area contributed by atoms with Gasteiger partial charge in [0, 0.05) is 4.47 Å². The molecule has 0 aliphatic rings. The fraction of sp³-hybridized carbons (Fsp3) is 0. The second kappa shape index (κ2) is 3.37. The molecular weight excluding hydrogens is 194 g/mol. The van der Waals surface area contributed by atoms with E-state index >= 15 is 0 Å². The van der Waals surface area contributed by atoms with E-state index in [0.717, 1.165) is 10.0 Å². The van der Waals surface area contributed by atoms with Crippen molar-refractivity contribution in [3.05, 3.63) is 34.3 Å². The van der Waals surface area contributed by atoms with Crippen molar-refractivity contribution in [1.82, 2.24) is 0 Å². The highest BCUT2D eigenvalue weighted by molar-refractivity contribution is 9.10. The summed E-state index contributed by atoms with van der Waals surface area (Å²) in [4.78, 5) is 0. The lowest BCUT2D eigenvalue weighted by atomic mass is 10.2. The number of rotatable bonds is 1. The van der Waals surface area contributed by atoms with Crippen molar-refractivity contribution in [2.45, 2.75) is 0 Å². The third-order valence-corrected chi connectivity index (χ3v) is 1.61. The monoisotopic (exact) mass is 199 g/mol. The molecule has 10 heavy (non-hydrogen) atoms. The largest absolute Gasteiger partial charge is 0.411 e. The van der Waals surface area contributed by atoms with Gasteiger partial charge in [-0.25, -0.2) is 0 Å². The van der Waals surface area contributed by atoms with Crippen molar-refractivity contribution in [2.75, 3.05) is 0 Å². The molecule has 0 aliphatic carbocycles. The van der Waals surface area contributed by atoms with E-state index in [1.54, 1.807) is 0 Å². The average molecular weight is 200 g/mol. The summed E-state index contributed by atoms with van der Waals surface area (Å²) in [6.07, 6.45) is 1.38. The Hall–Kier alpha value is -0.830. The highest BCUT2D eigenvalue weighted by Crippen LogP contribution is 2.08. The van der Waals surface area contributed by atoms with Gasteiger partial charge in [0.05, 0.1) is 6.21 Å². The van der Waals surface area contributed by atoms with Crippen molar-refractivity contribution < 1.29 is 5.21 Å². The molecule has 1 N–H and O–H groups in total. The molecule has 1 rings (SSSR count). The highest BCUT2D eigenvalue weighted by atomic mass is 79.9. The smallest absolute Gasteiger partial charge is 0.0733 e. The van der Waals surface area contributed by atoms with Gasteiger partial charge in [-0.2, -0.15) is 0 Å². The molecular formula is C7H6BrNO. The normalized spacial score (nSPS) is 10.5. The van der Waals surface area contributed by atoms with Crippen LogP contribution in [-0.4, -0.2) is 11.4 Å². The van der Waals surface area contributed by atoms with Gasteiger partial charge in [0.25, 0.3) is 0 Å². The summed E-state index contributed by atoms with van der Waals surface area (Å²) in [5.74, 6) is 0. The van der Waals surface area contributed by atoms with Gasteiger partial charge < -0.3 is 5.21 Å². The molecule has 0 amide bonds. The number of hydrogen-bond donors (Lipinski definition) is 1. The zero-order valence-corrected chi connectivity index (χ0v) is 6.75. The molecule has 0 fully saturated rings. The quantitative estimate of drug-likeness (QED) is 0.421. The summed E-state index contributed by atoms with van der Waals surface area (Å²) >= 11 is 3.29. The average Bonchev–Trinajstić information content (AvgIpc) is 1.95. The molecule has 0 radical (unpaired) electrons. The van der Waals surface area contributed by atoms with Crippen LogP contribution in [0.5, 0.6) is 0 Å². The summed E-state index contributed by atoms with van der Waals surface area (Å²) in [5, 5.41) is 11.0. The van der Waals surface area contributed by atoms with Crippen LogP contribution in [0.25, 0.3) is 0 Å². The van der Waals surface area contributed by atoms with Crippen LogP contribution in [0.2, 0.25) is 0 Å². The van der Waals surface area contributed by atoms with Gasteiger partial charge in [-0.3, -0.25) is 0 Å². The topological polar surface area (TPSA) is 32.6 Å². The van der Waals surface area contributed by atoms with E-state index < -0.39 is 0 Å². The lowest BCUT2D eigenvalue weighted by molar-refractivity contribution is 0.322. The molecule has 3 heteroatoms. The van der Waals surface area contributed by atoms with Crippen LogP contribution in [0, 0.1) is 0 Å². The molecule has 0 bridgehead atoms. The second-order valence-corrected chi connectivity index (χ2v) is 2.71. The van der Waals surface area contributed by atoms with Gasteiger partial charge in [-0.1, -0.05) is 33.2 Å². The Morgan fingerprint density at radius 1 is 1.30 bits per heavy atom. The molecule has 0 aromatic heterocycles. The van der Waals surface area contributed by atoms with Crippen LogP contribution in [0.3, 0.4) is 0 Å². The van der Waals surface area contributed by atoms with Crippen LogP contribution < -0.4 is 0 Å². The van der Waals surface area contributed by atoms with Crippen LogP contribution in [0.4, 0.5) is 0 Å². The third kappa shape index (κ3) is 1.84. The molecule has 0 spiro atoms.